The predicted molar refractivity (Wildman–Crippen MR) is 63.4 cm³/mol. The Bertz CT molecular complexity index is 304. The molecule has 1 rings (SSSR count). The van der Waals surface area contributed by atoms with Gasteiger partial charge < -0.3 is 4.74 Å². The fourth-order valence-electron chi connectivity index (χ4n) is 2.03. The number of hydrogen-bond donors (Lipinski definition) is 0. The molecular formula is C10H22N2O3S. The molecule has 0 aliphatic carbocycles. The topological polar surface area (TPSA) is 49.9 Å². The number of rotatable bonds is 4. The highest BCUT2D eigenvalue weighted by molar-refractivity contribution is 7.86. The second-order valence-corrected chi connectivity index (χ2v) is 6.09. The summed E-state index contributed by atoms with van der Waals surface area (Å²) in [5.41, 5.74) is 0. The molecule has 0 radical (unpaired) electrons. The average Bonchev–Trinajstić information content (AvgIpc) is 2.17. The zero-order valence-corrected chi connectivity index (χ0v) is 11.3. The smallest absolute Gasteiger partial charge is 0.282 e. The van der Waals surface area contributed by atoms with Crippen molar-refractivity contribution in [2.45, 2.75) is 39.9 Å². The van der Waals surface area contributed by atoms with E-state index < -0.39 is 10.2 Å². The first-order chi connectivity index (χ1) is 7.41. The molecule has 2 unspecified atom stereocenters. The lowest BCUT2D eigenvalue weighted by atomic mass is 10.3. The molecule has 5 nitrogen and oxygen atoms in total. The third-order valence-corrected chi connectivity index (χ3v) is 4.86. The molecule has 0 spiro atoms. The Morgan fingerprint density at radius 2 is 1.62 bits per heavy atom. The van der Waals surface area contributed by atoms with Crippen molar-refractivity contribution < 1.29 is 13.2 Å². The monoisotopic (exact) mass is 250 g/mol. The lowest BCUT2D eigenvalue weighted by Crippen LogP contribution is -2.52. The van der Waals surface area contributed by atoms with Crippen LogP contribution in [0.2, 0.25) is 0 Å². The second-order valence-electron chi connectivity index (χ2n) is 4.17. The molecule has 0 aromatic rings. The third-order valence-electron chi connectivity index (χ3n) is 2.74. The largest absolute Gasteiger partial charge is 0.373 e. The van der Waals surface area contributed by atoms with Gasteiger partial charge in [-0.3, -0.25) is 0 Å². The van der Waals surface area contributed by atoms with E-state index in [1.54, 1.807) is 0 Å². The van der Waals surface area contributed by atoms with Crippen LogP contribution in [-0.2, 0) is 14.9 Å². The third kappa shape index (κ3) is 2.94. The summed E-state index contributed by atoms with van der Waals surface area (Å²) in [6.45, 7) is 9.44. The maximum absolute atomic E-state index is 12.2. The number of morpholine rings is 1. The normalized spacial score (nSPS) is 28.6. The van der Waals surface area contributed by atoms with E-state index in [-0.39, 0.29) is 12.2 Å². The highest BCUT2D eigenvalue weighted by Crippen LogP contribution is 2.16. The summed E-state index contributed by atoms with van der Waals surface area (Å²) >= 11 is 0. The Kier molecular flexibility index (Phi) is 4.73. The van der Waals surface area contributed by atoms with Gasteiger partial charge in [-0.15, -0.1) is 0 Å². The number of nitrogens with zero attached hydrogens (tertiary/aromatic N) is 2. The van der Waals surface area contributed by atoms with Gasteiger partial charge in [0.15, 0.2) is 0 Å². The standard InChI is InChI=1S/C10H22N2O3S/c1-5-11(6-2)16(13,14)12-7-9(3)15-10(4)8-12/h9-10H,5-8H2,1-4H3. The first-order valence-electron chi connectivity index (χ1n) is 5.82. The highest BCUT2D eigenvalue weighted by atomic mass is 32.2. The Labute approximate surface area is 98.5 Å². The van der Waals surface area contributed by atoms with E-state index in [1.165, 1.54) is 8.61 Å². The fourth-order valence-corrected chi connectivity index (χ4v) is 3.81. The van der Waals surface area contributed by atoms with Crippen molar-refractivity contribution in [1.29, 1.82) is 0 Å². The minimum atomic E-state index is -3.30. The molecule has 1 heterocycles. The SMILES string of the molecule is CCN(CC)S(=O)(=O)N1CC(C)OC(C)C1. The van der Waals surface area contributed by atoms with E-state index in [9.17, 15) is 8.42 Å². The van der Waals surface area contributed by atoms with Crippen molar-refractivity contribution in [3.63, 3.8) is 0 Å². The first-order valence-corrected chi connectivity index (χ1v) is 7.22. The van der Waals surface area contributed by atoms with Gasteiger partial charge in [0.05, 0.1) is 12.2 Å². The van der Waals surface area contributed by atoms with Crippen LogP contribution >= 0.6 is 0 Å². The van der Waals surface area contributed by atoms with Crippen LogP contribution in [0.1, 0.15) is 27.7 Å². The molecule has 16 heavy (non-hydrogen) atoms. The molecule has 6 heteroatoms. The van der Waals surface area contributed by atoms with Crippen LogP contribution in [0.3, 0.4) is 0 Å². The van der Waals surface area contributed by atoms with Crippen molar-refractivity contribution in [3.8, 4) is 0 Å². The van der Waals surface area contributed by atoms with Gasteiger partial charge in [-0.1, -0.05) is 13.8 Å². The number of ether oxygens (including phenoxy) is 1. The molecule has 0 amide bonds. The van der Waals surface area contributed by atoms with Gasteiger partial charge in [-0.2, -0.15) is 17.0 Å². The Hall–Kier alpha value is -0.170. The molecule has 1 aliphatic heterocycles. The maximum atomic E-state index is 12.2. The highest BCUT2D eigenvalue weighted by Gasteiger charge is 2.33. The zero-order valence-electron chi connectivity index (χ0n) is 10.5. The molecule has 1 aliphatic rings. The van der Waals surface area contributed by atoms with Crippen LogP contribution in [0.5, 0.6) is 0 Å². The van der Waals surface area contributed by atoms with Gasteiger partial charge in [-0.25, -0.2) is 0 Å². The van der Waals surface area contributed by atoms with Crippen molar-refractivity contribution in [2.24, 2.45) is 0 Å². The van der Waals surface area contributed by atoms with E-state index in [1.807, 2.05) is 27.7 Å². The van der Waals surface area contributed by atoms with Crippen molar-refractivity contribution in [2.75, 3.05) is 26.2 Å². The average molecular weight is 250 g/mol. The van der Waals surface area contributed by atoms with Crippen LogP contribution in [0.15, 0.2) is 0 Å². The summed E-state index contributed by atoms with van der Waals surface area (Å²) in [6, 6.07) is 0. The lowest BCUT2D eigenvalue weighted by molar-refractivity contribution is -0.0454. The zero-order chi connectivity index (χ0) is 12.3. The Balaban J connectivity index is 2.82. The van der Waals surface area contributed by atoms with Gasteiger partial charge >= 0.3 is 0 Å². The number of hydrogen-bond acceptors (Lipinski definition) is 3. The minimum absolute atomic E-state index is 0.0333. The summed E-state index contributed by atoms with van der Waals surface area (Å²) < 4.78 is 33.0. The molecule has 0 N–H and O–H groups in total. The summed E-state index contributed by atoms with van der Waals surface area (Å²) in [5.74, 6) is 0. The molecule has 2 atom stereocenters. The Morgan fingerprint density at radius 3 is 2.00 bits per heavy atom. The molecule has 1 saturated heterocycles. The predicted octanol–water partition coefficient (Wildman–Crippen LogP) is 0.682. The summed E-state index contributed by atoms with van der Waals surface area (Å²) in [4.78, 5) is 0. The van der Waals surface area contributed by atoms with Gasteiger partial charge in [-0.05, 0) is 13.8 Å². The van der Waals surface area contributed by atoms with Crippen molar-refractivity contribution >= 4 is 10.2 Å². The lowest BCUT2D eigenvalue weighted by Gasteiger charge is -2.36. The molecule has 0 aromatic carbocycles. The Morgan fingerprint density at radius 1 is 1.19 bits per heavy atom. The van der Waals surface area contributed by atoms with E-state index in [0.717, 1.165) is 0 Å². The summed E-state index contributed by atoms with van der Waals surface area (Å²) in [6.07, 6.45) is -0.0665. The van der Waals surface area contributed by atoms with Crippen LogP contribution < -0.4 is 0 Å². The van der Waals surface area contributed by atoms with Gasteiger partial charge in [0, 0.05) is 26.2 Å². The second kappa shape index (κ2) is 5.44. The van der Waals surface area contributed by atoms with Gasteiger partial charge in [0.25, 0.3) is 10.2 Å². The van der Waals surface area contributed by atoms with E-state index >= 15 is 0 Å². The summed E-state index contributed by atoms with van der Waals surface area (Å²) in [7, 11) is -3.30. The molecule has 0 bridgehead atoms. The van der Waals surface area contributed by atoms with Gasteiger partial charge in [0.1, 0.15) is 0 Å². The van der Waals surface area contributed by atoms with E-state index in [2.05, 4.69) is 0 Å². The van der Waals surface area contributed by atoms with Crippen molar-refractivity contribution in [3.05, 3.63) is 0 Å². The van der Waals surface area contributed by atoms with Crippen LogP contribution in [-0.4, -0.2) is 55.4 Å². The molecule has 96 valence electrons. The van der Waals surface area contributed by atoms with Gasteiger partial charge in [0.2, 0.25) is 0 Å². The van der Waals surface area contributed by atoms with Crippen molar-refractivity contribution in [1.82, 2.24) is 8.61 Å². The van der Waals surface area contributed by atoms with E-state index in [0.29, 0.717) is 26.2 Å². The minimum Gasteiger partial charge on any atom is -0.373 e. The van der Waals surface area contributed by atoms with Crippen LogP contribution in [0, 0.1) is 0 Å². The quantitative estimate of drug-likeness (QED) is 0.737. The fraction of sp³-hybridized carbons (Fsp3) is 1.00. The maximum Gasteiger partial charge on any atom is 0.282 e. The first kappa shape index (κ1) is 13.9. The molecule has 0 saturated carbocycles. The van der Waals surface area contributed by atoms with E-state index in [4.69, 9.17) is 4.74 Å². The molecule has 0 aromatic heterocycles. The molecular weight excluding hydrogens is 228 g/mol. The molecule has 1 fully saturated rings. The summed E-state index contributed by atoms with van der Waals surface area (Å²) in [5, 5.41) is 0. The van der Waals surface area contributed by atoms with Crippen LogP contribution in [0.4, 0.5) is 0 Å². The van der Waals surface area contributed by atoms with Crippen LogP contribution in [0.25, 0.3) is 0 Å².